The fraction of sp³-hybridized carbons (Fsp3) is 0.324. The molecule has 0 spiro atoms. The van der Waals surface area contributed by atoms with Gasteiger partial charge in [-0.25, -0.2) is 14.0 Å². The van der Waals surface area contributed by atoms with Gasteiger partial charge in [0.1, 0.15) is 22.0 Å². The molecule has 3 fully saturated rings. The lowest BCUT2D eigenvalue weighted by molar-refractivity contribution is -0.605. The van der Waals surface area contributed by atoms with E-state index in [9.17, 15) is 28.7 Å². The number of hydrogen-bond acceptors (Lipinski definition) is 7. The molecule has 0 saturated carbocycles. The maximum absolute atomic E-state index is 15.5. The molecule has 2 atom stereocenters. The second kappa shape index (κ2) is 15.9. The first kappa shape index (κ1) is 33.1. The zero-order valence-electron chi connectivity index (χ0n) is 30.3. The van der Waals surface area contributed by atoms with Crippen molar-refractivity contribution in [1.29, 1.82) is 0 Å². The molecule has 3 aromatic carbocycles. The number of aromatic carboxylic acids is 1. The summed E-state index contributed by atoms with van der Waals surface area (Å²) in [5.41, 5.74) is 0.0928. The van der Waals surface area contributed by atoms with Crippen molar-refractivity contribution in [1.82, 2.24) is 4.90 Å². The molecule has 1 N–H and O–H groups in total. The molecule has 4 heterocycles. The number of pyridine rings is 1. The molecule has 0 aliphatic carbocycles. The Bertz CT molecular complexity index is 2050. The maximum Gasteiger partial charge on any atom is 0.415 e. The first-order valence-corrected chi connectivity index (χ1v) is 17.0. The van der Waals surface area contributed by atoms with Crippen LogP contribution < -0.4 is 19.1 Å². The number of benzene rings is 3. The van der Waals surface area contributed by atoms with Crippen molar-refractivity contribution < 1.29 is 50.9 Å². The number of para-hydroxylation sites is 1. The number of anilines is 1. The molecular weight excluding hydrogens is 726 g/mol. The molecule has 3 aliphatic heterocycles. The SMILES string of the molecule is [2H]C([2H])([2H])Oc1cc([C@H](Cc2c(Cl)c[n+]([O-])cc2Cl)c2c(CN(C(=O)O[C@H]3CN4CCC3CC4)c3ccccc3F)cccc2C(=O)O)ccc1OC(F)F. The summed E-state index contributed by atoms with van der Waals surface area (Å²) in [5, 5.41) is 22.5. The van der Waals surface area contributed by atoms with Crippen LogP contribution in [-0.4, -0.2) is 61.5 Å². The van der Waals surface area contributed by atoms with Crippen LogP contribution >= 0.6 is 23.2 Å². The minimum Gasteiger partial charge on any atom is -0.619 e. The molecule has 4 aromatic rings. The number of amides is 1. The Morgan fingerprint density at radius 3 is 2.44 bits per heavy atom. The standard InChI is InChI=1S/C37H34Cl2F3N3O7/c1-50-32-15-22(9-10-31(32)51-36(41)42)25(16-26-27(38)18-44(49)19-28(26)39)34-23(5-4-6-24(34)35(46)47)17-45(30-8-3-2-7-29(30)40)37(48)52-33-20-43-13-11-21(33)12-14-43/h2-10,15,18-19,21,25,33,36H,11-14,16-17,20H2,1H3,(H,46,47)/t25-,33-/m0/s1/i1D3. The Morgan fingerprint density at radius 2 is 1.81 bits per heavy atom. The van der Waals surface area contributed by atoms with Crippen LogP contribution in [0, 0.1) is 16.9 Å². The lowest BCUT2D eigenvalue weighted by Gasteiger charge is -2.44. The normalized spacial score (nSPS) is 19.7. The zero-order valence-corrected chi connectivity index (χ0v) is 28.8. The van der Waals surface area contributed by atoms with E-state index in [1.165, 1.54) is 48.5 Å². The van der Waals surface area contributed by atoms with E-state index in [2.05, 4.69) is 9.64 Å². The predicted molar refractivity (Wildman–Crippen MR) is 186 cm³/mol. The van der Waals surface area contributed by atoms with Crippen molar-refractivity contribution in [3.8, 4) is 11.5 Å². The number of ether oxygens (including phenoxy) is 3. The highest BCUT2D eigenvalue weighted by molar-refractivity contribution is 6.35. The van der Waals surface area contributed by atoms with Crippen molar-refractivity contribution in [3.63, 3.8) is 0 Å². The number of carboxylic acids is 1. The molecule has 1 amide bonds. The second-order valence-corrected chi connectivity index (χ2v) is 13.3. The van der Waals surface area contributed by atoms with Crippen LogP contribution in [-0.2, 0) is 17.7 Å². The molecular formula is C37H34Cl2F3N3O7. The van der Waals surface area contributed by atoms with E-state index in [0.29, 0.717) is 11.3 Å². The van der Waals surface area contributed by atoms with Crippen LogP contribution in [0.4, 0.5) is 23.7 Å². The summed E-state index contributed by atoms with van der Waals surface area (Å²) in [7, 11) is -3.12. The van der Waals surface area contributed by atoms with E-state index in [4.69, 9.17) is 36.8 Å². The quantitative estimate of drug-likeness (QED) is 0.116. The summed E-state index contributed by atoms with van der Waals surface area (Å²) in [4.78, 5) is 30.4. The van der Waals surface area contributed by atoms with Gasteiger partial charge in [-0.15, -0.1) is 0 Å². The average Bonchev–Trinajstić information content (AvgIpc) is 3.11. The monoisotopic (exact) mass is 762 g/mol. The van der Waals surface area contributed by atoms with Gasteiger partial charge in [-0.2, -0.15) is 13.5 Å². The van der Waals surface area contributed by atoms with Crippen LogP contribution in [0.1, 0.15) is 55.5 Å². The third kappa shape index (κ3) is 8.01. The van der Waals surface area contributed by atoms with E-state index in [-0.39, 0.29) is 55.9 Å². The fourth-order valence-corrected chi connectivity index (χ4v) is 7.60. The van der Waals surface area contributed by atoms with Gasteiger partial charge in [-0.05, 0) is 85.3 Å². The number of hydrogen-bond donors (Lipinski definition) is 1. The molecule has 10 nitrogen and oxygen atoms in total. The van der Waals surface area contributed by atoms with E-state index in [0.717, 1.165) is 55.4 Å². The predicted octanol–water partition coefficient (Wildman–Crippen LogP) is 7.69. The summed E-state index contributed by atoms with van der Waals surface area (Å²) in [6, 6.07) is 13.2. The van der Waals surface area contributed by atoms with Crippen LogP contribution in [0.25, 0.3) is 0 Å². The first-order valence-electron chi connectivity index (χ1n) is 17.7. The van der Waals surface area contributed by atoms with Gasteiger partial charge in [-0.3, -0.25) is 9.80 Å². The van der Waals surface area contributed by atoms with Crippen LogP contribution in [0.15, 0.2) is 73.1 Å². The number of nitrogens with zero attached hydrogens (tertiary/aromatic N) is 3. The highest BCUT2D eigenvalue weighted by Crippen LogP contribution is 2.41. The van der Waals surface area contributed by atoms with Crippen LogP contribution in [0.5, 0.6) is 11.5 Å². The maximum atomic E-state index is 15.5. The molecule has 0 unspecified atom stereocenters. The summed E-state index contributed by atoms with van der Waals surface area (Å²) < 4.78 is 81.3. The van der Waals surface area contributed by atoms with Gasteiger partial charge >= 0.3 is 18.7 Å². The Balaban J connectivity index is 1.52. The summed E-state index contributed by atoms with van der Waals surface area (Å²) in [6.45, 7) is -1.51. The third-order valence-corrected chi connectivity index (χ3v) is 10.1. The Hall–Kier alpha value is -4.72. The molecule has 7 rings (SSSR count). The number of rotatable bonds is 12. The molecule has 274 valence electrons. The first-order chi connectivity index (χ1) is 26.1. The third-order valence-electron chi connectivity index (χ3n) is 9.48. The lowest BCUT2D eigenvalue weighted by Crippen LogP contribution is -2.53. The molecule has 52 heavy (non-hydrogen) atoms. The number of carboxylic acid groups (broad SMARTS) is 1. The Morgan fingerprint density at radius 1 is 1.08 bits per heavy atom. The topological polar surface area (TPSA) is 115 Å². The fourth-order valence-electron chi connectivity index (χ4n) is 7.01. The van der Waals surface area contributed by atoms with Crippen LogP contribution in [0.3, 0.4) is 0 Å². The smallest absolute Gasteiger partial charge is 0.415 e. The summed E-state index contributed by atoms with van der Waals surface area (Å²) in [6.07, 6.45) is 2.13. The Labute approximate surface area is 311 Å². The number of carbonyl (C=O) groups excluding carboxylic acids is 1. The number of methoxy groups -OCH3 is 1. The average molecular weight is 764 g/mol. The lowest BCUT2D eigenvalue weighted by atomic mass is 9.80. The van der Waals surface area contributed by atoms with Gasteiger partial charge in [0, 0.05) is 18.0 Å². The second-order valence-electron chi connectivity index (χ2n) is 12.5. The van der Waals surface area contributed by atoms with E-state index in [1.807, 2.05) is 0 Å². The minimum atomic E-state index is -3.36. The number of fused-ring (bicyclic) bond motifs is 3. The highest BCUT2D eigenvalue weighted by atomic mass is 35.5. The van der Waals surface area contributed by atoms with Gasteiger partial charge in [0.05, 0.1) is 28.9 Å². The van der Waals surface area contributed by atoms with Gasteiger partial charge in [-0.1, -0.05) is 53.5 Å². The molecule has 2 bridgehead atoms. The molecule has 3 saturated heterocycles. The van der Waals surface area contributed by atoms with Crippen molar-refractivity contribution in [2.24, 2.45) is 5.92 Å². The summed E-state index contributed by atoms with van der Waals surface area (Å²) >= 11 is 13.0. The van der Waals surface area contributed by atoms with Crippen molar-refractivity contribution in [2.75, 3.05) is 31.6 Å². The number of aromatic nitrogens is 1. The number of carbonyl (C=O) groups is 2. The van der Waals surface area contributed by atoms with Crippen molar-refractivity contribution in [3.05, 3.63) is 122 Å². The molecule has 1 aromatic heterocycles. The van der Waals surface area contributed by atoms with E-state index < -0.39 is 61.6 Å². The van der Waals surface area contributed by atoms with Gasteiger partial charge in [0.25, 0.3) is 0 Å². The van der Waals surface area contributed by atoms with Gasteiger partial charge in [0.2, 0.25) is 0 Å². The molecule has 3 aliphatic rings. The van der Waals surface area contributed by atoms with E-state index in [1.54, 1.807) is 0 Å². The van der Waals surface area contributed by atoms with E-state index >= 15 is 4.39 Å². The number of alkyl halides is 2. The zero-order chi connectivity index (χ0) is 39.6. The van der Waals surface area contributed by atoms with Crippen LogP contribution in [0.2, 0.25) is 10.0 Å². The van der Waals surface area contributed by atoms with Crippen molar-refractivity contribution in [2.45, 2.75) is 44.4 Å². The van der Waals surface area contributed by atoms with Crippen molar-refractivity contribution >= 4 is 41.0 Å². The largest absolute Gasteiger partial charge is 0.619 e. The minimum absolute atomic E-state index is 0.0420. The molecule has 15 heteroatoms. The van der Waals surface area contributed by atoms with Gasteiger partial charge in [0.15, 0.2) is 23.9 Å². The highest BCUT2D eigenvalue weighted by Gasteiger charge is 2.38. The number of piperidine rings is 3. The molecule has 0 radical (unpaired) electrons. The summed E-state index contributed by atoms with van der Waals surface area (Å²) in [5.74, 6) is -4.45. The number of halogens is 5. The Kier molecular flexibility index (Phi) is 10.1. The van der Waals surface area contributed by atoms with Gasteiger partial charge < -0.3 is 24.5 Å².